The molecule has 0 saturated carbocycles. The van der Waals surface area contributed by atoms with Crippen molar-refractivity contribution >= 4 is 17.3 Å². The zero-order valence-electron chi connectivity index (χ0n) is 12.2. The van der Waals surface area contributed by atoms with Crippen LogP contribution in [-0.2, 0) is 4.79 Å². The van der Waals surface area contributed by atoms with Crippen molar-refractivity contribution in [2.24, 2.45) is 0 Å². The van der Waals surface area contributed by atoms with E-state index in [4.69, 9.17) is 0 Å². The molecule has 0 radical (unpaired) electrons. The number of anilines is 2. The summed E-state index contributed by atoms with van der Waals surface area (Å²) < 4.78 is 13.6. The van der Waals surface area contributed by atoms with Crippen LogP contribution in [0.3, 0.4) is 0 Å². The van der Waals surface area contributed by atoms with Gasteiger partial charge in [0.25, 0.3) is 0 Å². The lowest BCUT2D eigenvalue weighted by Gasteiger charge is -2.36. The fourth-order valence-electron chi connectivity index (χ4n) is 2.54. The van der Waals surface area contributed by atoms with E-state index in [1.54, 1.807) is 12.1 Å². The van der Waals surface area contributed by atoms with E-state index in [0.717, 1.165) is 38.4 Å². The van der Waals surface area contributed by atoms with Crippen LogP contribution in [0, 0.1) is 5.82 Å². The second kappa shape index (κ2) is 6.70. The molecule has 1 saturated heterocycles. The summed E-state index contributed by atoms with van der Waals surface area (Å²) in [6.07, 6.45) is 1.17. The minimum absolute atomic E-state index is 0.256. The molecule has 1 aliphatic heterocycles. The van der Waals surface area contributed by atoms with Gasteiger partial charge < -0.3 is 10.2 Å². The minimum Gasteiger partial charge on any atom is -0.369 e. The van der Waals surface area contributed by atoms with Gasteiger partial charge in [-0.1, -0.05) is 6.92 Å². The number of hydrogen-bond acceptors (Lipinski definition) is 3. The van der Waals surface area contributed by atoms with Gasteiger partial charge in [0, 0.05) is 38.8 Å². The SMILES string of the molecule is CCCN1CCN(c2ccc(F)c(NC(C)=O)c2)CC1. The first-order chi connectivity index (χ1) is 9.60. The molecule has 1 aromatic rings. The van der Waals surface area contributed by atoms with Crippen LogP contribution in [0.5, 0.6) is 0 Å². The van der Waals surface area contributed by atoms with Crippen molar-refractivity contribution in [2.45, 2.75) is 20.3 Å². The highest BCUT2D eigenvalue weighted by molar-refractivity contribution is 5.89. The highest BCUT2D eigenvalue weighted by Gasteiger charge is 2.17. The molecule has 110 valence electrons. The quantitative estimate of drug-likeness (QED) is 0.918. The smallest absolute Gasteiger partial charge is 0.221 e. The molecule has 1 aliphatic rings. The highest BCUT2D eigenvalue weighted by Crippen LogP contribution is 2.23. The van der Waals surface area contributed by atoms with Gasteiger partial charge in [0.2, 0.25) is 5.91 Å². The number of carbonyl (C=O) groups excluding carboxylic acids is 1. The molecule has 1 heterocycles. The number of benzene rings is 1. The van der Waals surface area contributed by atoms with E-state index in [1.807, 2.05) is 0 Å². The van der Waals surface area contributed by atoms with Crippen LogP contribution in [0.15, 0.2) is 18.2 Å². The fraction of sp³-hybridized carbons (Fsp3) is 0.533. The Bertz CT molecular complexity index is 470. The molecule has 0 unspecified atom stereocenters. The third-order valence-corrected chi connectivity index (χ3v) is 3.54. The van der Waals surface area contributed by atoms with E-state index < -0.39 is 5.82 Å². The minimum atomic E-state index is -0.395. The maximum Gasteiger partial charge on any atom is 0.221 e. The fourth-order valence-corrected chi connectivity index (χ4v) is 2.54. The highest BCUT2D eigenvalue weighted by atomic mass is 19.1. The molecule has 0 bridgehead atoms. The molecule has 4 nitrogen and oxygen atoms in total. The summed E-state index contributed by atoms with van der Waals surface area (Å²) in [6, 6.07) is 4.90. The van der Waals surface area contributed by atoms with Crippen LogP contribution in [-0.4, -0.2) is 43.5 Å². The van der Waals surface area contributed by atoms with Crippen molar-refractivity contribution in [2.75, 3.05) is 42.9 Å². The van der Waals surface area contributed by atoms with Crippen molar-refractivity contribution in [1.29, 1.82) is 0 Å². The number of amides is 1. The first kappa shape index (κ1) is 14.8. The lowest BCUT2D eigenvalue weighted by atomic mass is 10.2. The average Bonchev–Trinajstić information content (AvgIpc) is 2.42. The molecule has 0 aromatic heterocycles. The Kier molecular flexibility index (Phi) is 4.95. The van der Waals surface area contributed by atoms with E-state index >= 15 is 0 Å². The number of nitrogens with one attached hydrogen (secondary N) is 1. The Morgan fingerprint density at radius 3 is 2.60 bits per heavy atom. The third-order valence-electron chi connectivity index (χ3n) is 3.54. The van der Waals surface area contributed by atoms with Crippen molar-refractivity contribution in [3.05, 3.63) is 24.0 Å². The molecule has 20 heavy (non-hydrogen) atoms. The molecule has 2 rings (SSSR count). The summed E-state index contributed by atoms with van der Waals surface area (Å²) >= 11 is 0. The number of hydrogen-bond donors (Lipinski definition) is 1. The van der Waals surface area contributed by atoms with Crippen LogP contribution < -0.4 is 10.2 Å². The van der Waals surface area contributed by atoms with Crippen LogP contribution in [0.25, 0.3) is 0 Å². The van der Waals surface area contributed by atoms with Crippen molar-refractivity contribution in [3.8, 4) is 0 Å². The first-order valence-corrected chi connectivity index (χ1v) is 7.14. The topological polar surface area (TPSA) is 35.6 Å². The number of carbonyl (C=O) groups is 1. The summed E-state index contributed by atoms with van der Waals surface area (Å²) in [5.74, 6) is -0.651. The number of rotatable bonds is 4. The molecule has 0 aliphatic carbocycles. The second-order valence-electron chi connectivity index (χ2n) is 5.17. The maximum absolute atomic E-state index is 13.6. The van der Waals surface area contributed by atoms with Gasteiger partial charge >= 0.3 is 0 Å². The van der Waals surface area contributed by atoms with Crippen molar-refractivity contribution in [3.63, 3.8) is 0 Å². The largest absolute Gasteiger partial charge is 0.369 e. The van der Waals surface area contributed by atoms with Gasteiger partial charge in [-0.3, -0.25) is 9.69 Å². The van der Waals surface area contributed by atoms with Gasteiger partial charge in [-0.2, -0.15) is 0 Å². The summed E-state index contributed by atoms with van der Waals surface area (Å²) in [5, 5.41) is 2.53. The Morgan fingerprint density at radius 2 is 2.00 bits per heavy atom. The first-order valence-electron chi connectivity index (χ1n) is 7.14. The lowest BCUT2D eigenvalue weighted by molar-refractivity contribution is -0.114. The summed E-state index contributed by atoms with van der Waals surface area (Å²) in [7, 11) is 0. The zero-order valence-corrected chi connectivity index (χ0v) is 12.2. The molecule has 1 aromatic carbocycles. The van der Waals surface area contributed by atoms with E-state index in [2.05, 4.69) is 22.0 Å². The Balaban J connectivity index is 2.04. The van der Waals surface area contributed by atoms with Gasteiger partial charge in [0.05, 0.1) is 5.69 Å². The van der Waals surface area contributed by atoms with Gasteiger partial charge in [0.15, 0.2) is 0 Å². The van der Waals surface area contributed by atoms with E-state index in [-0.39, 0.29) is 11.6 Å². The van der Waals surface area contributed by atoms with Gasteiger partial charge in [-0.25, -0.2) is 4.39 Å². The Hall–Kier alpha value is -1.62. The van der Waals surface area contributed by atoms with Gasteiger partial charge in [0.1, 0.15) is 5.82 Å². The number of piperazine rings is 1. The van der Waals surface area contributed by atoms with Crippen LogP contribution in [0.4, 0.5) is 15.8 Å². The van der Waals surface area contributed by atoms with E-state index in [0.29, 0.717) is 0 Å². The summed E-state index contributed by atoms with van der Waals surface area (Å²) in [5.41, 5.74) is 1.22. The van der Waals surface area contributed by atoms with Crippen LogP contribution in [0.2, 0.25) is 0 Å². The van der Waals surface area contributed by atoms with Gasteiger partial charge in [-0.15, -0.1) is 0 Å². The average molecular weight is 279 g/mol. The second-order valence-corrected chi connectivity index (χ2v) is 5.17. The molecular weight excluding hydrogens is 257 g/mol. The maximum atomic E-state index is 13.6. The molecule has 0 spiro atoms. The van der Waals surface area contributed by atoms with Crippen LogP contribution in [0.1, 0.15) is 20.3 Å². The van der Waals surface area contributed by atoms with E-state index in [9.17, 15) is 9.18 Å². The molecule has 1 fully saturated rings. The van der Waals surface area contributed by atoms with Crippen LogP contribution >= 0.6 is 0 Å². The van der Waals surface area contributed by atoms with Crippen molar-refractivity contribution < 1.29 is 9.18 Å². The Labute approximate surface area is 119 Å². The number of halogens is 1. The number of nitrogens with zero attached hydrogens (tertiary/aromatic N) is 2. The normalized spacial score (nSPS) is 16.2. The third kappa shape index (κ3) is 3.70. The van der Waals surface area contributed by atoms with E-state index in [1.165, 1.54) is 19.4 Å². The summed E-state index contributed by atoms with van der Waals surface area (Å²) in [4.78, 5) is 15.7. The lowest BCUT2D eigenvalue weighted by Crippen LogP contribution is -2.46. The predicted octanol–water partition coefficient (Wildman–Crippen LogP) is 2.32. The zero-order chi connectivity index (χ0) is 14.5. The molecule has 1 N–H and O–H groups in total. The monoisotopic (exact) mass is 279 g/mol. The summed E-state index contributed by atoms with van der Waals surface area (Å²) in [6.45, 7) is 8.63. The van der Waals surface area contributed by atoms with Crippen molar-refractivity contribution in [1.82, 2.24) is 4.90 Å². The molecule has 0 atom stereocenters. The Morgan fingerprint density at radius 1 is 1.30 bits per heavy atom. The standard InChI is InChI=1S/C15H22FN3O/c1-3-6-18-7-9-19(10-8-18)13-4-5-14(16)15(11-13)17-12(2)20/h4-5,11H,3,6-10H2,1-2H3,(H,17,20). The molecule has 1 amide bonds. The van der Waals surface area contributed by atoms with Gasteiger partial charge in [-0.05, 0) is 31.2 Å². The predicted molar refractivity (Wildman–Crippen MR) is 79.6 cm³/mol. The molecular formula is C15H22FN3O. The molecule has 5 heteroatoms.